The van der Waals surface area contributed by atoms with Gasteiger partial charge in [-0.3, -0.25) is 4.79 Å². The van der Waals surface area contributed by atoms with Gasteiger partial charge in [0.25, 0.3) is 5.24 Å². The van der Waals surface area contributed by atoms with E-state index < -0.39 is 11.1 Å². The fourth-order valence-electron chi connectivity index (χ4n) is 1.78. The highest BCUT2D eigenvalue weighted by molar-refractivity contribution is 6.67. The third-order valence-corrected chi connectivity index (χ3v) is 3.04. The third-order valence-electron chi connectivity index (χ3n) is 2.82. The zero-order chi connectivity index (χ0) is 13.1. The maximum Gasteiger partial charge on any atom is 0.252 e. The zero-order valence-corrected chi connectivity index (χ0v) is 10.7. The van der Waals surface area contributed by atoms with Gasteiger partial charge in [0.15, 0.2) is 11.6 Å². The van der Waals surface area contributed by atoms with Gasteiger partial charge in [0.05, 0.1) is 6.10 Å². The molecular weight excluding hydrogens is 259 g/mol. The highest BCUT2D eigenvalue weighted by Gasteiger charge is 2.38. The smallest absolute Gasteiger partial charge is 0.252 e. The Balaban J connectivity index is 1.89. The Bertz CT molecular complexity index is 450. The van der Waals surface area contributed by atoms with Crippen molar-refractivity contribution < 1.29 is 18.7 Å². The lowest BCUT2D eigenvalue weighted by Crippen LogP contribution is -2.08. The second-order valence-electron chi connectivity index (χ2n) is 4.23. The van der Waals surface area contributed by atoms with E-state index in [0.717, 1.165) is 18.9 Å². The van der Waals surface area contributed by atoms with Crippen LogP contribution in [0.3, 0.4) is 0 Å². The first-order chi connectivity index (χ1) is 8.61. The summed E-state index contributed by atoms with van der Waals surface area (Å²) in [4.78, 5) is 10.8. The van der Waals surface area contributed by atoms with Crippen LogP contribution in [-0.4, -0.2) is 24.1 Å². The van der Waals surface area contributed by atoms with Crippen LogP contribution >= 0.6 is 11.6 Å². The molecule has 1 aliphatic heterocycles. The molecule has 1 aliphatic rings. The number of hydrogen-bond donors (Lipinski definition) is 0. The predicted octanol–water partition coefficient (Wildman–Crippen LogP) is 3.15. The van der Waals surface area contributed by atoms with Crippen LogP contribution in [0.2, 0.25) is 0 Å². The van der Waals surface area contributed by atoms with Gasteiger partial charge in [-0.25, -0.2) is 4.39 Å². The molecule has 2 atom stereocenters. The number of rotatable bonds is 6. The summed E-state index contributed by atoms with van der Waals surface area (Å²) in [6, 6.07) is 3.91. The van der Waals surface area contributed by atoms with Crippen molar-refractivity contribution in [2.75, 3.05) is 6.61 Å². The van der Waals surface area contributed by atoms with Crippen LogP contribution in [0.25, 0.3) is 0 Å². The molecule has 0 amide bonds. The average molecular weight is 273 g/mol. The minimum atomic E-state index is -0.686. The van der Waals surface area contributed by atoms with Crippen LogP contribution < -0.4 is 4.74 Å². The second kappa shape index (κ2) is 5.67. The van der Waals surface area contributed by atoms with Crippen molar-refractivity contribution in [2.45, 2.75) is 32.0 Å². The molecule has 0 N–H and O–H groups in total. The fourth-order valence-corrected chi connectivity index (χ4v) is 1.89. The summed E-state index contributed by atoms with van der Waals surface area (Å²) in [5, 5.41) is -0.686. The quantitative estimate of drug-likeness (QED) is 0.590. The number of carbonyl (C=O) groups is 1. The molecule has 1 heterocycles. The van der Waals surface area contributed by atoms with E-state index >= 15 is 0 Å². The van der Waals surface area contributed by atoms with E-state index in [4.69, 9.17) is 21.1 Å². The summed E-state index contributed by atoms with van der Waals surface area (Å²) in [6.45, 7) is 2.41. The van der Waals surface area contributed by atoms with Crippen molar-refractivity contribution >= 4 is 16.8 Å². The lowest BCUT2D eigenvalue weighted by Gasteiger charge is -2.06. The van der Waals surface area contributed by atoms with Gasteiger partial charge < -0.3 is 9.47 Å². The van der Waals surface area contributed by atoms with E-state index in [-0.39, 0.29) is 23.5 Å². The number of benzene rings is 1. The number of carbonyl (C=O) groups excluding carboxylic acids is 1. The van der Waals surface area contributed by atoms with Crippen LogP contribution in [0.15, 0.2) is 18.2 Å². The predicted molar refractivity (Wildman–Crippen MR) is 65.6 cm³/mol. The molecule has 0 bridgehead atoms. The monoisotopic (exact) mass is 272 g/mol. The molecule has 98 valence electrons. The van der Waals surface area contributed by atoms with Crippen LogP contribution in [-0.2, 0) is 4.74 Å². The van der Waals surface area contributed by atoms with E-state index in [0.29, 0.717) is 6.61 Å². The maximum atomic E-state index is 13.5. The molecule has 18 heavy (non-hydrogen) atoms. The molecule has 1 saturated heterocycles. The van der Waals surface area contributed by atoms with Gasteiger partial charge in [0.1, 0.15) is 12.7 Å². The van der Waals surface area contributed by atoms with Crippen molar-refractivity contribution in [1.82, 2.24) is 0 Å². The minimum Gasteiger partial charge on any atom is -0.488 e. The Morgan fingerprint density at radius 1 is 1.50 bits per heavy atom. The van der Waals surface area contributed by atoms with Crippen LogP contribution in [0.5, 0.6) is 5.75 Å². The van der Waals surface area contributed by atoms with E-state index in [1.165, 1.54) is 12.1 Å². The Labute approximate surface area is 110 Å². The molecule has 3 nitrogen and oxygen atoms in total. The lowest BCUT2D eigenvalue weighted by atomic mass is 10.2. The number of hydrogen-bond acceptors (Lipinski definition) is 3. The molecule has 0 spiro atoms. The van der Waals surface area contributed by atoms with E-state index in [2.05, 4.69) is 6.92 Å². The van der Waals surface area contributed by atoms with Crippen LogP contribution in [0, 0.1) is 5.82 Å². The first-order valence-electron chi connectivity index (χ1n) is 5.89. The van der Waals surface area contributed by atoms with Crippen molar-refractivity contribution in [3.63, 3.8) is 0 Å². The molecule has 0 saturated carbocycles. The largest absolute Gasteiger partial charge is 0.488 e. The van der Waals surface area contributed by atoms with Crippen molar-refractivity contribution in [3.8, 4) is 5.75 Å². The van der Waals surface area contributed by atoms with Crippen molar-refractivity contribution in [1.29, 1.82) is 0 Å². The molecule has 1 aromatic carbocycles. The van der Waals surface area contributed by atoms with Gasteiger partial charge in [-0.15, -0.1) is 0 Å². The second-order valence-corrected chi connectivity index (χ2v) is 4.57. The SMILES string of the molecule is CCCC1OC1COc1ccc(C(=O)Cl)cc1F. The Kier molecular flexibility index (Phi) is 4.19. The number of ether oxygens (including phenoxy) is 2. The topological polar surface area (TPSA) is 38.8 Å². The first-order valence-corrected chi connectivity index (χ1v) is 6.27. The molecule has 1 fully saturated rings. The molecule has 1 aromatic rings. The molecule has 0 aromatic heterocycles. The summed E-state index contributed by atoms with van der Waals surface area (Å²) < 4.78 is 24.2. The van der Waals surface area contributed by atoms with Crippen LogP contribution in [0.1, 0.15) is 30.1 Å². The Morgan fingerprint density at radius 2 is 2.28 bits per heavy atom. The molecule has 2 unspecified atom stereocenters. The van der Waals surface area contributed by atoms with Crippen molar-refractivity contribution in [3.05, 3.63) is 29.6 Å². The van der Waals surface area contributed by atoms with Crippen molar-refractivity contribution in [2.24, 2.45) is 0 Å². The van der Waals surface area contributed by atoms with Gasteiger partial charge in [-0.2, -0.15) is 0 Å². The Morgan fingerprint density at radius 3 is 2.89 bits per heavy atom. The summed E-state index contributed by atoms with van der Waals surface area (Å²) in [5.41, 5.74) is 0.119. The maximum absolute atomic E-state index is 13.5. The van der Waals surface area contributed by atoms with E-state index in [1.54, 1.807) is 0 Å². The number of epoxide rings is 1. The highest BCUT2D eigenvalue weighted by Crippen LogP contribution is 2.28. The summed E-state index contributed by atoms with van der Waals surface area (Å²) in [7, 11) is 0. The van der Waals surface area contributed by atoms with E-state index in [9.17, 15) is 9.18 Å². The van der Waals surface area contributed by atoms with E-state index in [1.807, 2.05) is 0 Å². The van der Waals surface area contributed by atoms with Gasteiger partial charge >= 0.3 is 0 Å². The van der Waals surface area contributed by atoms with Crippen LogP contribution in [0.4, 0.5) is 4.39 Å². The summed E-state index contributed by atoms with van der Waals surface area (Å²) in [5.74, 6) is -0.475. The van der Waals surface area contributed by atoms with Gasteiger partial charge in [-0.05, 0) is 36.2 Å². The lowest BCUT2D eigenvalue weighted by molar-refractivity contribution is 0.108. The number of halogens is 2. The molecule has 5 heteroatoms. The highest BCUT2D eigenvalue weighted by atomic mass is 35.5. The van der Waals surface area contributed by atoms with Gasteiger partial charge in [-0.1, -0.05) is 13.3 Å². The fraction of sp³-hybridized carbons (Fsp3) is 0.462. The average Bonchev–Trinajstić information content (AvgIpc) is 3.06. The molecule has 2 rings (SSSR count). The standard InChI is InChI=1S/C13H14ClFO3/c1-2-3-11-12(18-11)7-17-10-5-4-8(13(14)16)6-9(10)15/h4-6,11-12H,2-3,7H2,1H3. The summed E-state index contributed by atoms with van der Waals surface area (Å²) >= 11 is 5.25. The summed E-state index contributed by atoms with van der Waals surface area (Å²) in [6.07, 6.45) is 2.35. The normalized spacial score (nSPS) is 21.7. The van der Waals surface area contributed by atoms with Gasteiger partial charge in [0.2, 0.25) is 0 Å². The first kappa shape index (κ1) is 13.3. The molecular formula is C13H14ClFO3. The minimum absolute atomic E-state index is 0.0543. The zero-order valence-electron chi connectivity index (χ0n) is 9.99. The molecule has 0 radical (unpaired) electrons. The third kappa shape index (κ3) is 3.21. The molecule has 0 aliphatic carbocycles. The van der Waals surface area contributed by atoms with Gasteiger partial charge in [0, 0.05) is 5.56 Å². The Hall–Kier alpha value is -1.13.